The van der Waals surface area contributed by atoms with Crippen molar-refractivity contribution in [2.24, 2.45) is 0 Å². The Hall–Kier alpha value is -2.05. The second-order valence-corrected chi connectivity index (χ2v) is 10.1. The van der Waals surface area contributed by atoms with Gasteiger partial charge in [-0.15, -0.1) is 0 Å². The molecule has 1 aliphatic rings. The summed E-state index contributed by atoms with van der Waals surface area (Å²) in [7, 11) is 0. The van der Waals surface area contributed by atoms with Crippen LogP contribution in [0.2, 0.25) is 0 Å². The van der Waals surface area contributed by atoms with Gasteiger partial charge in [0.05, 0.1) is 0 Å². The molecule has 3 aromatic heterocycles. The molecule has 0 aliphatic carbocycles. The maximum absolute atomic E-state index is 13.4. The molecule has 0 amide bonds. The number of nitrogens with zero attached hydrogens (tertiary/aromatic N) is 5. The van der Waals surface area contributed by atoms with E-state index in [9.17, 15) is 4.39 Å². The van der Waals surface area contributed by atoms with Gasteiger partial charge in [0.1, 0.15) is 6.17 Å². The molecule has 0 aromatic carbocycles. The van der Waals surface area contributed by atoms with E-state index in [1.807, 2.05) is 35.7 Å². The molecule has 0 unspecified atom stereocenters. The van der Waals surface area contributed by atoms with E-state index in [2.05, 4.69) is 46.0 Å². The van der Waals surface area contributed by atoms with E-state index in [0.29, 0.717) is 25.3 Å². The average Bonchev–Trinajstić information content (AvgIpc) is 3.42. The number of alkyl halides is 1. The van der Waals surface area contributed by atoms with Gasteiger partial charge in [-0.2, -0.15) is 0 Å². The number of aryl methyl sites for hydroxylation is 1. The van der Waals surface area contributed by atoms with Gasteiger partial charge in [-0.3, -0.25) is 4.90 Å². The third-order valence-corrected chi connectivity index (χ3v) is 6.68. The monoisotopic (exact) mass is 540 g/mol. The molecular formula is C20H24FIN7S-. The van der Waals surface area contributed by atoms with Crippen LogP contribution in [-0.4, -0.2) is 42.9 Å². The van der Waals surface area contributed by atoms with Gasteiger partial charge < -0.3 is 0 Å². The van der Waals surface area contributed by atoms with Crippen LogP contribution in [0.15, 0.2) is 35.3 Å². The third-order valence-electron chi connectivity index (χ3n) is 4.83. The Morgan fingerprint density at radius 2 is 2.37 bits per heavy atom. The summed E-state index contributed by atoms with van der Waals surface area (Å²) in [5.74, 6) is 0.695. The second kappa shape index (κ2) is 9.40. The molecule has 30 heavy (non-hydrogen) atoms. The predicted octanol–water partition coefficient (Wildman–Crippen LogP) is 0.880. The molecule has 1 fully saturated rings. The number of fused-ring (bicyclic) bond motifs is 1. The molecule has 160 valence electrons. The number of imidazole rings is 1. The Bertz CT molecular complexity index is 1080. The zero-order chi connectivity index (χ0) is 21.1. The molecule has 1 aliphatic heterocycles. The predicted molar refractivity (Wildman–Crippen MR) is 115 cm³/mol. The van der Waals surface area contributed by atoms with Gasteiger partial charge in [0, 0.05) is 13.1 Å². The molecule has 2 N–H and O–H groups in total. The molecule has 1 atom stereocenters. The summed E-state index contributed by atoms with van der Waals surface area (Å²) in [5.41, 5.74) is 4.70. The van der Waals surface area contributed by atoms with Crippen molar-refractivity contribution in [3.63, 3.8) is 0 Å². The van der Waals surface area contributed by atoms with Crippen LogP contribution in [0.3, 0.4) is 0 Å². The molecule has 0 radical (unpaired) electrons. The SMILES string of the molecule is C=C[I-]N/C=C(\C)c1cnc2c(Nc3cc(CN4CC[C@H](F)C4)ns3)nc(C)cn12. The zero-order valence-electron chi connectivity index (χ0n) is 16.9. The Labute approximate surface area is 189 Å². The van der Waals surface area contributed by atoms with E-state index in [1.165, 1.54) is 11.5 Å². The first-order valence-electron chi connectivity index (χ1n) is 9.63. The van der Waals surface area contributed by atoms with Gasteiger partial charge in [0.25, 0.3) is 0 Å². The molecule has 4 rings (SSSR count). The van der Waals surface area contributed by atoms with Crippen LogP contribution in [0.4, 0.5) is 15.2 Å². The molecule has 10 heteroatoms. The number of hydrogen-bond acceptors (Lipinski definition) is 7. The minimum absolute atomic E-state index is 0.226. The molecule has 1 saturated heterocycles. The van der Waals surface area contributed by atoms with E-state index in [1.54, 1.807) is 0 Å². The van der Waals surface area contributed by atoms with Crippen molar-refractivity contribution in [2.45, 2.75) is 33.0 Å². The van der Waals surface area contributed by atoms with Crippen LogP contribution in [0.25, 0.3) is 11.2 Å². The Kier molecular flexibility index (Phi) is 6.64. The quantitative estimate of drug-likeness (QED) is 0.251. The molecule has 4 heterocycles. The van der Waals surface area contributed by atoms with Crippen LogP contribution < -0.4 is 30.3 Å². The Balaban J connectivity index is 1.55. The molecule has 0 spiro atoms. The minimum atomic E-state index is -0.716. The number of rotatable bonds is 8. The zero-order valence-corrected chi connectivity index (χ0v) is 19.9. The molecule has 7 nitrogen and oxygen atoms in total. The summed E-state index contributed by atoms with van der Waals surface area (Å²) in [6.45, 7) is 9.74. The van der Waals surface area contributed by atoms with Crippen LogP contribution in [0.1, 0.15) is 30.4 Å². The van der Waals surface area contributed by atoms with Gasteiger partial charge in [0.15, 0.2) is 0 Å². The van der Waals surface area contributed by atoms with Crippen LogP contribution in [-0.2, 0) is 6.54 Å². The van der Waals surface area contributed by atoms with Gasteiger partial charge in [0.2, 0.25) is 0 Å². The van der Waals surface area contributed by atoms with Crippen molar-refractivity contribution in [1.29, 1.82) is 0 Å². The van der Waals surface area contributed by atoms with E-state index in [-0.39, 0.29) is 21.5 Å². The fourth-order valence-electron chi connectivity index (χ4n) is 3.44. The van der Waals surface area contributed by atoms with Gasteiger partial charge >= 0.3 is 155 Å². The maximum atomic E-state index is 13.4. The third kappa shape index (κ3) is 4.81. The summed E-state index contributed by atoms with van der Waals surface area (Å²) in [5, 5.41) is 4.27. The van der Waals surface area contributed by atoms with Crippen molar-refractivity contribution in [3.05, 3.63) is 52.4 Å². The number of halogens is 2. The number of anilines is 2. The fraction of sp³-hybridized carbons (Fsp3) is 0.350. The molecule has 0 bridgehead atoms. The summed E-state index contributed by atoms with van der Waals surface area (Å²) in [6, 6.07) is 2.01. The topological polar surface area (TPSA) is 70.4 Å². The van der Waals surface area contributed by atoms with Crippen LogP contribution >= 0.6 is 11.5 Å². The van der Waals surface area contributed by atoms with E-state index < -0.39 is 6.17 Å². The van der Waals surface area contributed by atoms with Gasteiger partial charge in [-0.25, -0.2) is 4.39 Å². The number of nitrogens with one attached hydrogen (secondary N) is 2. The van der Waals surface area contributed by atoms with Crippen molar-refractivity contribution >= 4 is 33.6 Å². The van der Waals surface area contributed by atoms with E-state index in [4.69, 9.17) is 0 Å². The number of likely N-dealkylation sites (tertiary alicyclic amines) is 1. The van der Waals surface area contributed by atoms with Gasteiger partial charge in [-0.1, -0.05) is 0 Å². The van der Waals surface area contributed by atoms with Crippen molar-refractivity contribution in [1.82, 2.24) is 27.2 Å². The summed E-state index contributed by atoms with van der Waals surface area (Å²) >= 11 is 1.16. The standard InChI is InChI=1S/C20H24FIN7S/c1-4-22-24-8-13(2)17-9-23-20-19(25-14(3)10-29(17)20)26-18-7-16(27-30-18)12-28-6-5-15(21)11-28/h4,7-10,15,24H,1,5-6,11-12H2,2-3H3,(H,25,26)/q-1/b13-8+/t15-/m0/s1. The number of hydrogen-bond donors (Lipinski definition) is 2. The average molecular weight is 540 g/mol. The van der Waals surface area contributed by atoms with E-state index >= 15 is 0 Å². The van der Waals surface area contributed by atoms with Crippen molar-refractivity contribution in [3.8, 4) is 0 Å². The summed E-state index contributed by atoms with van der Waals surface area (Å²) < 4.78 is 25.2. The number of aromatic nitrogens is 4. The molecule has 0 saturated carbocycles. The molecular weight excluding hydrogens is 516 g/mol. The second-order valence-electron chi connectivity index (χ2n) is 7.20. The van der Waals surface area contributed by atoms with Crippen molar-refractivity contribution < 1.29 is 25.9 Å². The van der Waals surface area contributed by atoms with Crippen LogP contribution in [0, 0.1) is 6.92 Å². The Morgan fingerprint density at radius 3 is 3.13 bits per heavy atom. The first-order chi connectivity index (χ1) is 14.5. The van der Waals surface area contributed by atoms with Gasteiger partial charge in [-0.05, 0) is 6.42 Å². The first kappa shape index (κ1) is 21.2. The summed E-state index contributed by atoms with van der Waals surface area (Å²) in [4.78, 5) is 11.3. The first-order valence-corrected chi connectivity index (χ1v) is 12.7. The fourth-order valence-corrected chi connectivity index (χ4v) is 4.99. The Morgan fingerprint density at radius 1 is 1.50 bits per heavy atom. The normalized spacial score (nSPS) is 17.7. The van der Waals surface area contributed by atoms with Crippen molar-refractivity contribution in [2.75, 3.05) is 18.4 Å². The van der Waals surface area contributed by atoms with Crippen LogP contribution in [0.5, 0.6) is 0 Å². The summed E-state index contributed by atoms with van der Waals surface area (Å²) in [6.07, 6.45) is 5.76. The molecule has 3 aromatic rings. The van der Waals surface area contributed by atoms with E-state index in [0.717, 1.165) is 39.8 Å². The number of allylic oxidation sites excluding steroid dienone is 1.